The van der Waals surface area contributed by atoms with Crippen LogP contribution in [0.1, 0.15) is 118 Å². The van der Waals surface area contributed by atoms with Crippen LogP contribution in [0.3, 0.4) is 0 Å². The normalized spacial score (nSPS) is 36.3. The molecule has 0 amide bonds. The molecular weight excluding hydrogens is 524 g/mol. The number of nitrogens with one attached hydrogen (secondary N) is 1. The zero-order chi connectivity index (χ0) is 29.8. The Hall–Kier alpha value is -1.62. The molecule has 7 atom stereocenters. The lowest BCUT2D eigenvalue weighted by Gasteiger charge is -2.60. The highest BCUT2D eigenvalue weighted by Gasteiger charge is 2.60. The Labute approximate surface area is 251 Å². The minimum absolute atomic E-state index is 0.170. The predicted octanol–water partition coefficient (Wildman–Crippen LogP) is 9.31. The van der Waals surface area contributed by atoms with Gasteiger partial charge in [-0.1, -0.05) is 97.1 Å². The highest BCUT2D eigenvalue weighted by molar-refractivity contribution is 7.89. The lowest BCUT2D eigenvalue weighted by Crippen LogP contribution is -2.54. The van der Waals surface area contributed by atoms with Crippen molar-refractivity contribution in [2.75, 3.05) is 0 Å². The van der Waals surface area contributed by atoms with Crippen molar-refractivity contribution in [1.29, 1.82) is 0 Å². The number of nitrogens with zero attached hydrogens (tertiary/aromatic N) is 1. The zero-order valence-electron chi connectivity index (χ0n) is 27.1. The molecule has 3 fully saturated rings. The van der Waals surface area contributed by atoms with Crippen molar-refractivity contribution in [2.45, 2.75) is 124 Å². The molecule has 1 N–H and O–H groups in total. The minimum Gasteiger partial charge on any atom is -0.200 e. The molecule has 4 nitrogen and oxygen atoms in total. The summed E-state index contributed by atoms with van der Waals surface area (Å²) in [6.45, 7) is 19.0. The number of fused-ring (bicyclic) bond motifs is 5. The quantitative estimate of drug-likeness (QED) is 0.246. The molecule has 0 unspecified atom stereocenters. The fraction of sp³-hybridized carbons (Fsp3) is 0.750. The summed E-state index contributed by atoms with van der Waals surface area (Å²) in [5.41, 5.74) is 3.92. The summed E-state index contributed by atoms with van der Waals surface area (Å²) in [6.07, 6.45) is 15.3. The van der Waals surface area contributed by atoms with E-state index in [2.05, 4.69) is 64.5 Å². The molecule has 1 aromatic rings. The second-order valence-electron chi connectivity index (χ2n) is 15.8. The van der Waals surface area contributed by atoms with E-state index < -0.39 is 10.0 Å². The van der Waals surface area contributed by atoms with E-state index in [9.17, 15) is 8.42 Å². The summed E-state index contributed by atoms with van der Waals surface area (Å²) in [4.78, 5) is 2.85. The molecule has 0 spiro atoms. The third-order valence-electron chi connectivity index (χ3n) is 12.6. The number of benzene rings is 1. The van der Waals surface area contributed by atoms with E-state index in [4.69, 9.17) is 0 Å². The van der Waals surface area contributed by atoms with E-state index in [1.54, 1.807) is 12.1 Å². The molecule has 0 heterocycles. The van der Waals surface area contributed by atoms with Crippen molar-refractivity contribution in [3.05, 3.63) is 41.5 Å². The number of aryl methyl sites for hydroxylation is 1. The van der Waals surface area contributed by atoms with Gasteiger partial charge in [0.05, 0.1) is 4.90 Å². The van der Waals surface area contributed by atoms with Gasteiger partial charge >= 0.3 is 0 Å². The molecule has 41 heavy (non-hydrogen) atoms. The molecule has 0 saturated heterocycles. The fourth-order valence-corrected chi connectivity index (χ4v) is 11.2. The van der Waals surface area contributed by atoms with Gasteiger partial charge in [-0.25, -0.2) is 4.83 Å². The van der Waals surface area contributed by atoms with Crippen molar-refractivity contribution in [3.63, 3.8) is 0 Å². The van der Waals surface area contributed by atoms with Crippen LogP contribution in [0.4, 0.5) is 0 Å². The van der Waals surface area contributed by atoms with E-state index >= 15 is 0 Å². The molecule has 1 aromatic carbocycles. The standard InChI is InChI=1S/C36H56N2O2S/c1-24(2)10-9-11-26(4)29-17-18-30-28-16-19-32-34(5,6)33(21-23-36(32,8)31(28)20-22-35(29,30)7)37-38-41(39,40)27-14-12-25(3)13-15-27/h12-15,19,24,26,28-31,38H,9-11,16-18,20-23H2,1-8H3/b37-33+/t26-,28+,29-,30+,31+,35-,36-/m1/s1. The Balaban J connectivity index is 1.34. The summed E-state index contributed by atoms with van der Waals surface area (Å²) in [5, 5.41) is 4.60. The highest BCUT2D eigenvalue weighted by Crippen LogP contribution is 2.68. The van der Waals surface area contributed by atoms with Crippen LogP contribution in [-0.4, -0.2) is 14.1 Å². The maximum atomic E-state index is 13.0. The van der Waals surface area contributed by atoms with Gasteiger partial charge in [0.15, 0.2) is 0 Å². The summed E-state index contributed by atoms with van der Waals surface area (Å²) in [6, 6.07) is 6.97. The first kappa shape index (κ1) is 30.8. The molecule has 4 aliphatic rings. The van der Waals surface area contributed by atoms with Gasteiger partial charge in [0.1, 0.15) is 0 Å². The molecule has 3 saturated carbocycles. The SMILES string of the molecule is Cc1ccc(S(=O)(=O)N/N=C2\CC[C@@]3(C)C(=CC[C@H]4[C@@H]5CC[C@H]([C@H](C)CCCC(C)C)[C@@]5(C)CC[C@@H]43)C2(C)C)cc1. The number of hydrogen-bond acceptors (Lipinski definition) is 3. The van der Waals surface area contributed by atoms with Gasteiger partial charge in [0, 0.05) is 11.1 Å². The average molecular weight is 581 g/mol. The lowest BCUT2D eigenvalue weighted by molar-refractivity contribution is -0.0510. The molecule has 5 rings (SSSR count). The van der Waals surface area contributed by atoms with Crippen LogP contribution >= 0.6 is 0 Å². The topological polar surface area (TPSA) is 58.5 Å². The van der Waals surface area contributed by atoms with E-state index in [1.165, 1.54) is 56.9 Å². The number of allylic oxidation sites excluding steroid dienone is 2. The Morgan fingerprint density at radius 3 is 2.34 bits per heavy atom. The van der Waals surface area contributed by atoms with Crippen LogP contribution in [0.15, 0.2) is 45.9 Å². The molecule has 4 aliphatic carbocycles. The summed E-state index contributed by atoms with van der Waals surface area (Å²) in [7, 11) is -3.69. The Kier molecular flexibility index (Phi) is 8.38. The largest absolute Gasteiger partial charge is 0.276 e. The van der Waals surface area contributed by atoms with Crippen LogP contribution in [0.5, 0.6) is 0 Å². The monoisotopic (exact) mass is 580 g/mol. The molecule has 0 aromatic heterocycles. The molecule has 0 radical (unpaired) electrons. The summed E-state index contributed by atoms with van der Waals surface area (Å²) >= 11 is 0. The van der Waals surface area contributed by atoms with Gasteiger partial charge in [-0.3, -0.25) is 0 Å². The van der Waals surface area contributed by atoms with Crippen molar-refractivity contribution in [3.8, 4) is 0 Å². The van der Waals surface area contributed by atoms with E-state index in [0.717, 1.165) is 59.6 Å². The fourth-order valence-electron chi connectivity index (χ4n) is 10.3. The molecule has 228 valence electrons. The second kappa shape index (κ2) is 11.1. The molecule has 5 heteroatoms. The van der Waals surface area contributed by atoms with Crippen molar-refractivity contribution < 1.29 is 8.42 Å². The number of rotatable bonds is 8. The maximum Gasteiger partial charge on any atom is 0.276 e. The smallest absolute Gasteiger partial charge is 0.200 e. The number of hydrazone groups is 1. The Morgan fingerprint density at radius 2 is 1.66 bits per heavy atom. The Bertz CT molecular complexity index is 1280. The number of hydrogen-bond donors (Lipinski definition) is 1. The van der Waals surface area contributed by atoms with Gasteiger partial charge in [-0.15, -0.1) is 0 Å². The van der Waals surface area contributed by atoms with Gasteiger partial charge in [-0.05, 0) is 110 Å². The second-order valence-corrected chi connectivity index (χ2v) is 17.4. The van der Waals surface area contributed by atoms with E-state index in [1.807, 2.05) is 19.1 Å². The molecular formula is C36H56N2O2S. The minimum atomic E-state index is -3.69. The molecule has 0 aliphatic heterocycles. The van der Waals surface area contributed by atoms with E-state index in [-0.39, 0.29) is 15.7 Å². The lowest BCUT2D eigenvalue weighted by atomic mass is 9.44. The number of sulfonamides is 1. The van der Waals surface area contributed by atoms with Crippen molar-refractivity contribution in [2.24, 2.45) is 56.9 Å². The van der Waals surface area contributed by atoms with Crippen molar-refractivity contribution >= 4 is 15.7 Å². The van der Waals surface area contributed by atoms with Crippen LogP contribution in [0.25, 0.3) is 0 Å². The molecule has 0 bridgehead atoms. The average Bonchev–Trinajstić information content (AvgIpc) is 3.25. The first-order chi connectivity index (χ1) is 19.2. The predicted molar refractivity (Wildman–Crippen MR) is 171 cm³/mol. The van der Waals surface area contributed by atoms with Gasteiger partial charge in [0.2, 0.25) is 0 Å². The van der Waals surface area contributed by atoms with Crippen LogP contribution in [0, 0.1) is 58.7 Å². The van der Waals surface area contributed by atoms with Crippen LogP contribution in [-0.2, 0) is 10.0 Å². The zero-order valence-corrected chi connectivity index (χ0v) is 27.9. The van der Waals surface area contributed by atoms with Crippen LogP contribution in [0.2, 0.25) is 0 Å². The highest BCUT2D eigenvalue weighted by atomic mass is 32.2. The van der Waals surface area contributed by atoms with Gasteiger partial charge < -0.3 is 0 Å². The van der Waals surface area contributed by atoms with Crippen molar-refractivity contribution in [1.82, 2.24) is 4.83 Å². The first-order valence-corrected chi connectivity index (χ1v) is 18.0. The Morgan fingerprint density at radius 1 is 0.951 bits per heavy atom. The first-order valence-electron chi connectivity index (χ1n) is 16.6. The van der Waals surface area contributed by atoms with Crippen LogP contribution < -0.4 is 4.83 Å². The van der Waals surface area contributed by atoms with E-state index in [0.29, 0.717) is 5.41 Å². The maximum absolute atomic E-state index is 13.0. The third kappa shape index (κ3) is 5.47. The third-order valence-corrected chi connectivity index (χ3v) is 13.8. The summed E-state index contributed by atoms with van der Waals surface area (Å²) < 4.78 is 26.0. The summed E-state index contributed by atoms with van der Waals surface area (Å²) in [5.74, 6) is 4.87. The van der Waals surface area contributed by atoms with Gasteiger partial charge in [0.25, 0.3) is 10.0 Å². The van der Waals surface area contributed by atoms with Gasteiger partial charge in [-0.2, -0.15) is 13.5 Å².